The molecule has 3 aromatic rings. The second-order valence-electron chi connectivity index (χ2n) is 6.21. The van der Waals surface area contributed by atoms with E-state index >= 15 is 0 Å². The molecule has 1 amide bonds. The summed E-state index contributed by atoms with van der Waals surface area (Å²) in [5.74, 6) is -1.34. The van der Waals surface area contributed by atoms with Crippen LogP contribution in [0.25, 0.3) is 0 Å². The van der Waals surface area contributed by atoms with Crippen molar-refractivity contribution in [2.24, 2.45) is 0 Å². The van der Waals surface area contributed by atoms with Crippen LogP contribution in [0.15, 0.2) is 53.9 Å². The number of amides is 1. The number of rotatable bonds is 8. The molecule has 0 fully saturated rings. The molecular formula is C20H18N4O5S. The molecule has 0 aliphatic rings. The van der Waals surface area contributed by atoms with Gasteiger partial charge in [-0.2, -0.15) is 0 Å². The summed E-state index contributed by atoms with van der Waals surface area (Å²) in [5.41, 5.74) is 1.66. The summed E-state index contributed by atoms with van der Waals surface area (Å²) in [6.07, 6.45) is 0. The van der Waals surface area contributed by atoms with Crippen LogP contribution in [0.3, 0.4) is 0 Å². The molecular weight excluding hydrogens is 408 g/mol. The summed E-state index contributed by atoms with van der Waals surface area (Å²) < 4.78 is 4.99. The number of hydrogen-bond acceptors (Lipinski definition) is 8. The first-order valence-corrected chi connectivity index (χ1v) is 9.76. The number of ether oxygens (including phenoxy) is 1. The minimum Gasteiger partial charge on any atom is -0.451 e. The maximum absolute atomic E-state index is 12.1. The van der Waals surface area contributed by atoms with Crippen molar-refractivity contribution in [2.45, 2.75) is 13.5 Å². The lowest BCUT2D eigenvalue weighted by Crippen LogP contribution is -2.21. The van der Waals surface area contributed by atoms with E-state index < -0.39 is 23.4 Å². The van der Waals surface area contributed by atoms with Crippen molar-refractivity contribution in [2.75, 3.05) is 17.2 Å². The topological polar surface area (TPSA) is 123 Å². The predicted octanol–water partition coefficient (Wildman–Crippen LogP) is 3.77. The number of anilines is 2. The highest BCUT2D eigenvalue weighted by Crippen LogP contribution is 2.25. The number of hydrogen-bond donors (Lipinski definition) is 2. The van der Waals surface area contributed by atoms with Gasteiger partial charge in [-0.25, -0.2) is 9.78 Å². The van der Waals surface area contributed by atoms with Gasteiger partial charge >= 0.3 is 5.97 Å². The largest absolute Gasteiger partial charge is 0.451 e. The summed E-state index contributed by atoms with van der Waals surface area (Å²) in [6, 6.07) is 14.1. The number of nitro benzene ring substituents is 1. The highest BCUT2D eigenvalue weighted by Gasteiger charge is 2.17. The number of nitrogens with zero attached hydrogens (tertiary/aromatic N) is 2. The van der Waals surface area contributed by atoms with Gasteiger partial charge in [-0.3, -0.25) is 14.9 Å². The van der Waals surface area contributed by atoms with Crippen molar-refractivity contribution >= 4 is 39.7 Å². The Bertz CT molecular complexity index is 1070. The third-order valence-electron chi connectivity index (χ3n) is 4.11. The Labute approximate surface area is 175 Å². The molecule has 30 heavy (non-hydrogen) atoms. The number of thiazole rings is 1. The number of esters is 1. The van der Waals surface area contributed by atoms with Crippen LogP contribution >= 0.6 is 11.3 Å². The highest BCUT2D eigenvalue weighted by atomic mass is 32.1. The summed E-state index contributed by atoms with van der Waals surface area (Å²) in [6.45, 7) is 1.55. The second-order valence-corrected chi connectivity index (χ2v) is 7.07. The van der Waals surface area contributed by atoms with Crippen molar-refractivity contribution in [1.29, 1.82) is 0 Å². The smallest absolute Gasteiger partial charge is 0.358 e. The molecule has 3 rings (SSSR count). The molecule has 0 saturated carbocycles. The summed E-state index contributed by atoms with van der Waals surface area (Å²) in [4.78, 5) is 38.8. The van der Waals surface area contributed by atoms with Gasteiger partial charge in [0.1, 0.15) is 0 Å². The average Bonchev–Trinajstić information content (AvgIpc) is 3.22. The van der Waals surface area contributed by atoms with Gasteiger partial charge in [0, 0.05) is 18.0 Å². The predicted molar refractivity (Wildman–Crippen MR) is 113 cm³/mol. The van der Waals surface area contributed by atoms with Crippen LogP contribution in [-0.2, 0) is 16.1 Å². The first-order chi connectivity index (χ1) is 14.4. The van der Waals surface area contributed by atoms with Crippen molar-refractivity contribution in [3.05, 3.63) is 80.8 Å². The summed E-state index contributed by atoms with van der Waals surface area (Å²) in [5, 5.41) is 18.7. The van der Waals surface area contributed by atoms with Gasteiger partial charge in [-0.1, -0.05) is 36.4 Å². The van der Waals surface area contributed by atoms with Crippen LogP contribution in [0.1, 0.15) is 21.6 Å². The van der Waals surface area contributed by atoms with Crippen molar-refractivity contribution in [3.8, 4) is 0 Å². The standard InChI is InChI=1S/C20H18N4O5S/c1-13-15(8-5-9-17(13)24(27)28)22-18(25)11-29-19(26)16-12-30-20(23-16)21-10-14-6-3-2-4-7-14/h2-9,12H,10-11H2,1H3,(H,21,23)(H,22,25). The Morgan fingerprint density at radius 3 is 2.67 bits per heavy atom. The van der Waals surface area contributed by atoms with Gasteiger partial charge in [0.05, 0.1) is 16.2 Å². The molecule has 0 spiro atoms. The molecule has 2 N–H and O–H groups in total. The van der Waals surface area contributed by atoms with E-state index in [9.17, 15) is 19.7 Å². The molecule has 154 valence electrons. The number of aromatic nitrogens is 1. The maximum atomic E-state index is 12.1. The molecule has 0 saturated heterocycles. The number of benzene rings is 2. The number of nitro groups is 1. The van der Waals surface area contributed by atoms with E-state index in [-0.39, 0.29) is 17.1 Å². The third-order valence-corrected chi connectivity index (χ3v) is 4.91. The summed E-state index contributed by atoms with van der Waals surface area (Å²) in [7, 11) is 0. The second kappa shape index (κ2) is 9.61. The lowest BCUT2D eigenvalue weighted by Gasteiger charge is -2.08. The van der Waals surface area contributed by atoms with Gasteiger partial charge < -0.3 is 15.4 Å². The van der Waals surface area contributed by atoms with E-state index in [4.69, 9.17) is 4.74 Å². The first-order valence-electron chi connectivity index (χ1n) is 8.88. The van der Waals surface area contributed by atoms with Gasteiger partial charge in [-0.15, -0.1) is 11.3 Å². The van der Waals surface area contributed by atoms with Gasteiger partial charge in [0.2, 0.25) is 0 Å². The van der Waals surface area contributed by atoms with E-state index in [2.05, 4.69) is 15.6 Å². The fraction of sp³-hybridized carbons (Fsp3) is 0.150. The molecule has 0 bridgehead atoms. The minimum absolute atomic E-state index is 0.0925. The molecule has 0 aliphatic heterocycles. The van der Waals surface area contributed by atoms with Crippen LogP contribution < -0.4 is 10.6 Å². The van der Waals surface area contributed by atoms with Crippen LogP contribution in [0.4, 0.5) is 16.5 Å². The number of carbonyl (C=O) groups is 2. The molecule has 0 aliphatic carbocycles. The number of nitrogens with one attached hydrogen (secondary N) is 2. The zero-order valence-electron chi connectivity index (χ0n) is 16.0. The van der Waals surface area contributed by atoms with Gasteiger partial charge in [-0.05, 0) is 18.6 Å². The zero-order chi connectivity index (χ0) is 21.5. The van der Waals surface area contributed by atoms with Crippen LogP contribution in [0, 0.1) is 17.0 Å². The Morgan fingerprint density at radius 1 is 1.17 bits per heavy atom. The average molecular weight is 426 g/mol. The molecule has 0 radical (unpaired) electrons. The van der Waals surface area contributed by atoms with E-state index in [1.54, 1.807) is 0 Å². The monoisotopic (exact) mass is 426 g/mol. The molecule has 0 atom stereocenters. The molecule has 2 aromatic carbocycles. The van der Waals surface area contributed by atoms with Crippen molar-refractivity contribution < 1.29 is 19.2 Å². The Kier molecular flexibility index (Phi) is 6.71. The molecule has 9 nitrogen and oxygen atoms in total. The minimum atomic E-state index is -0.732. The van der Waals surface area contributed by atoms with Crippen LogP contribution in [0.5, 0.6) is 0 Å². The maximum Gasteiger partial charge on any atom is 0.358 e. The SMILES string of the molecule is Cc1c(NC(=O)COC(=O)c2csc(NCc3ccccc3)n2)cccc1[N+](=O)[O-]. The van der Waals surface area contributed by atoms with E-state index in [0.29, 0.717) is 17.2 Å². The summed E-state index contributed by atoms with van der Waals surface area (Å²) >= 11 is 1.25. The Balaban J connectivity index is 1.51. The van der Waals surface area contributed by atoms with E-state index in [0.717, 1.165) is 5.56 Å². The van der Waals surface area contributed by atoms with Crippen LogP contribution in [-0.4, -0.2) is 28.4 Å². The van der Waals surface area contributed by atoms with E-state index in [1.165, 1.54) is 41.8 Å². The Morgan fingerprint density at radius 2 is 1.93 bits per heavy atom. The van der Waals surface area contributed by atoms with Crippen molar-refractivity contribution in [1.82, 2.24) is 4.98 Å². The first kappa shape index (κ1) is 20.9. The lowest BCUT2D eigenvalue weighted by molar-refractivity contribution is -0.385. The van der Waals surface area contributed by atoms with E-state index in [1.807, 2.05) is 30.3 Å². The molecule has 1 heterocycles. The molecule has 1 aromatic heterocycles. The fourth-order valence-electron chi connectivity index (χ4n) is 2.57. The van der Waals surface area contributed by atoms with Gasteiger partial charge in [0.25, 0.3) is 11.6 Å². The zero-order valence-corrected chi connectivity index (χ0v) is 16.8. The Hall–Kier alpha value is -3.79. The fourth-order valence-corrected chi connectivity index (χ4v) is 3.25. The van der Waals surface area contributed by atoms with Gasteiger partial charge in [0.15, 0.2) is 17.4 Å². The van der Waals surface area contributed by atoms with Crippen LogP contribution in [0.2, 0.25) is 0 Å². The number of carbonyl (C=O) groups excluding carboxylic acids is 2. The highest BCUT2D eigenvalue weighted by molar-refractivity contribution is 7.13. The normalized spacial score (nSPS) is 10.3. The quantitative estimate of drug-likeness (QED) is 0.319. The molecule has 10 heteroatoms. The van der Waals surface area contributed by atoms with Crippen molar-refractivity contribution in [3.63, 3.8) is 0 Å². The third kappa shape index (κ3) is 5.39. The molecule has 0 unspecified atom stereocenters. The lowest BCUT2D eigenvalue weighted by atomic mass is 10.1.